The third kappa shape index (κ3) is 3.61. The Hall–Kier alpha value is -2.83. The van der Waals surface area contributed by atoms with Gasteiger partial charge in [0, 0.05) is 18.7 Å². The number of hydrogen-bond acceptors (Lipinski definition) is 4. The van der Waals surface area contributed by atoms with Crippen molar-refractivity contribution in [3.8, 4) is 22.7 Å². The lowest BCUT2D eigenvalue weighted by Crippen LogP contribution is -2.41. The lowest BCUT2D eigenvalue weighted by Gasteiger charge is -2.26. The van der Waals surface area contributed by atoms with E-state index in [1.165, 1.54) is 0 Å². The number of morpholine rings is 1. The molecule has 1 saturated heterocycles. The predicted octanol–water partition coefficient (Wildman–Crippen LogP) is 3.67. The Bertz CT molecular complexity index is 996. The molecule has 7 heteroatoms. The Morgan fingerprint density at radius 3 is 2.64 bits per heavy atom. The monoisotopic (exact) mass is 397 g/mol. The van der Waals surface area contributed by atoms with Crippen molar-refractivity contribution in [1.82, 2.24) is 14.7 Å². The molecular weight excluding hydrogens is 378 g/mol. The Morgan fingerprint density at radius 2 is 1.89 bits per heavy atom. The Kier molecular flexibility index (Phi) is 5.32. The Balaban J connectivity index is 1.82. The summed E-state index contributed by atoms with van der Waals surface area (Å²) in [6, 6.07) is 16.7. The van der Waals surface area contributed by atoms with E-state index in [1.807, 2.05) is 42.5 Å². The molecule has 2 heterocycles. The molecule has 3 aromatic rings. The first-order valence-electron chi connectivity index (χ1n) is 9.04. The van der Waals surface area contributed by atoms with Crippen molar-refractivity contribution in [2.75, 3.05) is 33.4 Å². The van der Waals surface area contributed by atoms with Crippen molar-refractivity contribution < 1.29 is 14.3 Å². The number of carbonyl (C=O) groups is 1. The maximum absolute atomic E-state index is 13.2. The average Bonchev–Trinajstić information content (AvgIpc) is 3.19. The second kappa shape index (κ2) is 8.04. The van der Waals surface area contributed by atoms with E-state index in [4.69, 9.17) is 26.2 Å². The molecule has 6 nitrogen and oxygen atoms in total. The molecule has 0 bridgehead atoms. The second-order valence-corrected chi connectivity index (χ2v) is 6.82. The number of para-hydroxylation sites is 1. The summed E-state index contributed by atoms with van der Waals surface area (Å²) in [6.45, 7) is 2.19. The zero-order valence-electron chi connectivity index (χ0n) is 15.5. The molecule has 0 spiro atoms. The van der Waals surface area contributed by atoms with Gasteiger partial charge in [-0.05, 0) is 30.3 Å². The van der Waals surface area contributed by atoms with Gasteiger partial charge in [0.1, 0.15) is 11.4 Å². The molecule has 0 atom stereocenters. The highest BCUT2D eigenvalue weighted by Gasteiger charge is 2.25. The van der Waals surface area contributed by atoms with Crippen LogP contribution in [0.2, 0.25) is 5.02 Å². The SMILES string of the molecule is COc1cccc(-c2cc(C(=O)N3CCOCC3)n(-c3ccccc3Cl)n2)c1. The van der Waals surface area contributed by atoms with Crippen LogP contribution in [0.3, 0.4) is 0 Å². The van der Waals surface area contributed by atoms with Crippen LogP contribution in [0.1, 0.15) is 10.5 Å². The standard InChI is InChI=1S/C21H20ClN3O3/c1-27-16-6-4-5-15(13-16)18-14-20(21(26)24-9-11-28-12-10-24)25(23-18)19-8-3-2-7-17(19)22/h2-8,13-14H,9-12H2,1H3. The zero-order valence-corrected chi connectivity index (χ0v) is 16.2. The summed E-state index contributed by atoms with van der Waals surface area (Å²) in [6.07, 6.45) is 0. The smallest absolute Gasteiger partial charge is 0.272 e. The van der Waals surface area contributed by atoms with Crippen molar-refractivity contribution >= 4 is 17.5 Å². The molecule has 2 aromatic carbocycles. The lowest BCUT2D eigenvalue weighted by atomic mass is 10.1. The van der Waals surface area contributed by atoms with Crippen molar-refractivity contribution in [1.29, 1.82) is 0 Å². The van der Waals surface area contributed by atoms with Crippen LogP contribution in [0.5, 0.6) is 5.75 Å². The first kappa shape index (κ1) is 18.5. The van der Waals surface area contributed by atoms with E-state index in [1.54, 1.807) is 28.8 Å². The fourth-order valence-corrected chi connectivity index (χ4v) is 3.41. The van der Waals surface area contributed by atoms with Crippen molar-refractivity contribution in [3.63, 3.8) is 0 Å². The molecule has 0 unspecified atom stereocenters. The normalized spacial score (nSPS) is 14.1. The number of methoxy groups -OCH3 is 1. The van der Waals surface area contributed by atoms with E-state index in [2.05, 4.69) is 0 Å². The van der Waals surface area contributed by atoms with Crippen molar-refractivity contribution in [3.05, 3.63) is 65.3 Å². The van der Waals surface area contributed by atoms with E-state index in [9.17, 15) is 4.79 Å². The fourth-order valence-electron chi connectivity index (χ4n) is 3.19. The summed E-state index contributed by atoms with van der Waals surface area (Å²) in [5.41, 5.74) is 2.67. The number of ether oxygens (including phenoxy) is 2. The molecule has 28 heavy (non-hydrogen) atoms. The summed E-state index contributed by atoms with van der Waals surface area (Å²) in [5, 5.41) is 5.23. The minimum Gasteiger partial charge on any atom is -0.497 e. The maximum Gasteiger partial charge on any atom is 0.272 e. The maximum atomic E-state index is 13.2. The van der Waals surface area contributed by atoms with Gasteiger partial charge in [-0.3, -0.25) is 4.79 Å². The highest BCUT2D eigenvalue weighted by molar-refractivity contribution is 6.32. The number of benzene rings is 2. The number of halogens is 1. The molecule has 144 valence electrons. The van der Waals surface area contributed by atoms with Crippen LogP contribution in [-0.2, 0) is 4.74 Å². The van der Waals surface area contributed by atoms with Gasteiger partial charge >= 0.3 is 0 Å². The van der Waals surface area contributed by atoms with Gasteiger partial charge in [-0.15, -0.1) is 0 Å². The number of amides is 1. The third-order valence-electron chi connectivity index (χ3n) is 4.67. The van der Waals surface area contributed by atoms with Crippen LogP contribution in [0, 0.1) is 0 Å². The van der Waals surface area contributed by atoms with E-state index >= 15 is 0 Å². The van der Waals surface area contributed by atoms with Crippen molar-refractivity contribution in [2.45, 2.75) is 0 Å². The highest BCUT2D eigenvalue weighted by atomic mass is 35.5. The van der Waals surface area contributed by atoms with Gasteiger partial charge in [0.05, 0.1) is 36.7 Å². The molecule has 0 saturated carbocycles. The van der Waals surface area contributed by atoms with Gasteiger partial charge in [0.15, 0.2) is 0 Å². The topological polar surface area (TPSA) is 56.6 Å². The van der Waals surface area contributed by atoms with Crippen LogP contribution in [-0.4, -0.2) is 54.0 Å². The van der Waals surface area contributed by atoms with Crippen molar-refractivity contribution in [2.24, 2.45) is 0 Å². The van der Waals surface area contributed by atoms with Gasteiger partial charge in [-0.25, -0.2) is 4.68 Å². The molecule has 0 radical (unpaired) electrons. The van der Waals surface area contributed by atoms with Crippen LogP contribution >= 0.6 is 11.6 Å². The molecular formula is C21H20ClN3O3. The van der Waals surface area contributed by atoms with Crippen LogP contribution < -0.4 is 4.74 Å². The fraction of sp³-hybridized carbons (Fsp3) is 0.238. The number of nitrogens with zero attached hydrogens (tertiary/aromatic N) is 3. The summed E-state index contributed by atoms with van der Waals surface area (Å²) in [5.74, 6) is 0.635. The Labute approximate surface area is 168 Å². The summed E-state index contributed by atoms with van der Waals surface area (Å²) >= 11 is 6.40. The van der Waals surface area contributed by atoms with Crippen LogP contribution in [0.25, 0.3) is 16.9 Å². The van der Waals surface area contributed by atoms with Crippen LogP contribution in [0.4, 0.5) is 0 Å². The van der Waals surface area contributed by atoms with Crippen LogP contribution in [0.15, 0.2) is 54.6 Å². The number of carbonyl (C=O) groups excluding carboxylic acids is 1. The number of hydrogen-bond donors (Lipinski definition) is 0. The molecule has 4 rings (SSSR count). The third-order valence-corrected chi connectivity index (χ3v) is 4.99. The molecule has 0 aliphatic carbocycles. The van der Waals surface area contributed by atoms with Gasteiger partial charge in [0.25, 0.3) is 5.91 Å². The van der Waals surface area contributed by atoms with E-state index < -0.39 is 0 Å². The largest absolute Gasteiger partial charge is 0.497 e. The molecule has 0 N–H and O–H groups in total. The molecule has 1 aliphatic rings. The molecule has 1 aromatic heterocycles. The minimum absolute atomic E-state index is 0.0927. The quantitative estimate of drug-likeness (QED) is 0.674. The minimum atomic E-state index is -0.0927. The van der Waals surface area contributed by atoms with Gasteiger partial charge < -0.3 is 14.4 Å². The zero-order chi connectivity index (χ0) is 19.5. The highest BCUT2D eigenvalue weighted by Crippen LogP contribution is 2.28. The van der Waals surface area contributed by atoms with Gasteiger partial charge in [-0.2, -0.15) is 5.10 Å². The molecule has 1 amide bonds. The molecule has 1 fully saturated rings. The average molecular weight is 398 g/mol. The van der Waals surface area contributed by atoms with E-state index in [0.29, 0.717) is 48.4 Å². The first-order valence-corrected chi connectivity index (χ1v) is 9.41. The number of rotatable bonds is 4. The number of aromatic nitrogens is 2. The first-order chi connectivity index (χ1) is 13.7. The van der Waals surface area contributed by atoms with E-state index in [-0.39, 0.29) is 5.91 Å². The lowest BCUT2D eigenvalue weighted by molar-refractivity contribution is 0.0297. The van der Waals surface area contributed by atoms with E-state index in [0.717, 1.165) is 11.3 Å². The summed E-state index contributed by atoms with van der Waals surface area (Å²) in [4.78, 5) is 15.0. The molecule has 1 aliphatic heterocycles. The summed E-state index contributed by atoms with van der Waals surface area (Å²) < 4.78 is 12.3. The second-order valence-electron chi connectivity index (χ2n) is 6.41. The Morgan fingerprint density at radius 1 is 1.11 bits per heavy atom. The summed E-state index contributed by atoms with van der Waals surface area (Å²) in [7, 11) is 1.62. The van der Waals surface area contributed by atoms with Gasteiger partial charge in [-0.1, -0.05) is 35.9 Å². The predicted molar refractivity (Wildman–Crippen MR) is 107 cm³/mol. The van der Waals surface area contributed by atoms with Gasteiger partial charge in [0.2, 0.25) is 0 Å².